The highest BCUT2D eigenvalue weighted by Crippen LogP contribution is 2.38. The van der Waals surface area contributed by atoms with Gasteiger partial charge < -0.3 is 20.2 Å². The molecule has 0 bridgehead atoms. The molecule has 3 N–H and O–H groups in total. The zero-order chi connectivity index (χ0) is 19.0. The molecule has 0 aromatic carbocycles. The molecule has 0 aliphatic heterocycles. The van der Waals surface area contributed by atoms with Gasteiger partial charge in [-0.2, -0.15) is 0 Å². The van der Waals surface area contributed by atoms with E-state index in [9.17, 15) is 14.4 Å². The van der Waals surface area contributed by atoms with Crippen LogP contribution in [0.1, 0.15) is 37.7 Å². The molecular formula is C18H16N4O4S. The van der Waals surface area contributed by atoms with Crippen LogP contribution in [0.25, 0.3) is 5.65 Å². The van der Waals surface area contributed by atoms with Crippen molar-refractivity contribution in [2.75, 3.05) is 11.9 Å². The average molecular weight is 384 g/mol. The molecular weight excluding hydrogens is 368 g/mol. The Morgan fingerprint density at radius 3 is 2.93 bits per heavy atom. The number of fused-ring (bicyclic) bond motifs is 2. The highest BCUT2D eigenvalue weighted by Gasteiger charge is 2.26. The lowest BCUT2D eigenvalue weighted by Crippen LogP contribution is -2.22. The Bertz CT molecular complexity index is 1040. The number of imidazole rings is 1. The maximum absolute atomic E-state index is 12.2. The fraction of sp³-hybridized carbons (Fsp3) is 0.222. The number of nitrogens with one attached hydrogen (secondary N) is 1. The SMILES string of the molecule is NC(=O)c1c(NC(=O)COC(=O)c2cn3ccccc3n2)sc2c1CCC2. The number of nitrogens with two attached hydrogens (primary N) is 1. The third kappa shape index (κ3) is 3.28. The Hall–Kier alpha value is -3.20. The van der Waals surface area contributed by atoms with E-state index in [1.807, 2.05) is 6.07 Å². The van der Waals surface area contributed by atoms with Crippen molar-refractivity contribution in [1.82, 2.24) is 9.38 Å². The summed E-state index contributed by atoms with van der Waals surface area (Å²) in [5, 5.41) is 3.05. The number of aromatic nitrogens is 2. The first-order valence-electron chi connectivity index (χ1n) is 8.38. The van der Waals surface area contributed by atoms with Crippen LogP contribution in [0.3, 0.4) is 0 Å². The molecule has 0 spiro atoms. The number of hydrogen-bond acceptors (Lipinski definition) is 6. The molecule has 0 saturated heterocycles. The third-order valence-electron chi connectivity index (χ3n) is 4.33. The van der Waals surface area contributed by atoms with Gasteiger partial charge in [0.1, 0.15) is 10.6 Å². The van der Waals surface area contributed by atoms with Crippen LogP contribution in [0.4, 0.5) is 5.00 Å². The van der Waals surface area contributed by atoms with E-state index in [4.69, 9.17) is 10.5 Å². The number of aryl methyl sites for hydroxylation is 1. The molecule has 3 aromatic rings. The van der Waals surface area contributed by atoms with E-state index >= 15 is 0 Å². The topological polar surface area (TPSA) is 116 Å². The third-order valence-corrected chi connectivity index (χ3v) is 5.54. The van der Waals surface area contributed by atoms with Crippen molar-refractivity contribution < 1.29 is 19.1 Å². The first-order valence-corrected chi connectivity index (χ1v) is 9.19. The quantitative estimate of drug-likeness (QED) is 0.651. The zero-order valence-corrected chi connectivity index (χ0v) is 15.0. The van der Waals surface area contributed by atoms with Gasteiger partial charge in [0.25, 0.3) is 11.8 Å². The van der Waals surface area contributed by atoms with Gasteiger partial charge in [-0.1, -0.05) is 6.07 Å². The maximum atomic E-state index is 12.2. The number of primary amides is 1. The molecule has 9 heteroatoms. The average Bonchev–Trinajstić information content (AvgIpc) is 3.32. The Balaban J connectivity index is 1.41. The molecule has 138 valence electrons. The molecule has 1 aliphatic carbocycles. The van der Waals surface area contributed by atoms with Gasteiger partial charge in [-0.25, -0.2) is 9.78 Å². The molecule has 0 saturated carbocycles. The van der Waals surface area contributed by atoms with Crippen LogP contribution in [0.2, 0.25) is 0 Å². The Morgan fingerprint density at radius 2 is 2.15 bits per heavy atom. The number of rotatable bonds is 5. The van der Waals surface area contributed by atoms with E-state index in [1.165, 1.54) is 17.5 Å². The van der Waals surface area contributed by atoms with E-state index in [-0.39, 0.29) is 5.69 Å². The van der Waals surface area contributed by atoms with Gasteiger partial charge in [0.15, 0.2) is 12.3 Å². The largest absolute Gasteiger partial charge is 0.451 e. The molecule has 2 amide bonds. The molecule has 1 aliphatic rings. The van der Waals surface area contributed by atoms with Crippen molar-refractivity contribution in [3.63, 3.8) is 0 Å². The van der Waals surface area contributed by atoms with Gasteiger partial charge in [0.05, 0.1) is 5.56 Å². The molecule has 0 atom stereocenters. The number of carbonyl (C=O) groups excluding carboxylic acids is 3. The van der Waals surface area contributed by atoms with Crippen molar-refractivity contribution in [3.05, 3.63) is 52.3 Å². The molecule has 4 rings (SSSR count). The Labute approximate surface area is 158 Å². The molecule has 3 heterocycles. The summed E-state index contributed by atoms with van der Waals surface area (Å²) in [6, 6.07) is 5.37. The molecule has 8 nitrogen and oxygen atoms in total. The van der Waals surface area contributed by atoms with Gasteiger partial charge in [0.2, 0.25) is 0 Å². The number of amides is 2. The minimum atomic E-state index is -0.697. The Kier molecular flexibility index (Phi) is 4.36. The predicted octanol–water partition coefficient (Wildman–Crippen LogP) is 1.78. The molecule has 3 aromatic heterocycles. The first kappa shape index (κ1) is 17.2. The number of esters is 1. The number of ether oxygens (including phenoxy) is 1. The number of hydrogen-bond donors (Lipinski definition) is 2. The molecule has 27 heavy (non-hydrogen) atoms. The van der Waals surface area contributed by atoms with Crippen molar-refractivity contribution in [1.29, 1.82) is 0 Å². The van der Waals surface area contributed by atoms with Crippen LogP contribution in [0, 0.1) is 0 Å². The summed E-state index contributed by atoms with van der Waals surface area (Å²) in [4.78, 5) is 41.2. The van der Waals surface area contributed by atoms with E-state index in [0.717, 1.165) is 29.7 Å². The van der Waals surface area contributed by atoms with E-state index in [1.54, 1.807) is 22.7 Å². The fourth-order valence-electron chi connectivity index (χ4n) is 3.15. The second-order valence-corrected chi connectivity index (χ2v) is 7.25. The van der Waals surface area contributed by atoms with Gasteiger partial charge >= 0.3 is 5.97 Å². The van der Waals surface area contributed by atoms with E-state index in [0.29, 0.717) is 16.2 Å². The van der Waals surface area contributed by atoms with Crippen LogP contribution in [-0.4, -0.2) is 33.8 Å². The fourth-order valence-corrected chi connectivity index (χ4v) is 4.46. The van der Waals surface area contributed by atoms with Crippen molar-refractivity contribution >= 4 is 39.8 Å². The summed E-state index contributed by atoms with van der Waals surface area (Å²) < 4.78 is 6.71. The van der Waals surface area contributed by atoms with Gasteiger partial charge in [-0.15, -0.1) is 11.3 Å². The highest BCUT2D eigenvalue weighted by atomic mass is 32.1. The minimum absolute atomic E-state index is 0.113. The van der Waals surface area contributed by atoms with Crippen molar-refractivity contribution in [2.45, 2.75) is 19.3 Å². The second-order valence-electron chi connectivity index (χ2n) is 6.14. The normalized spacial score (nSPS) is 12.7. The predicted molar refractivity (Wildman–Crippen MR) is 99.0 cm³/mol. The zero-order valence-electron chi connectivity index (χ0n) is 14.2. The highest BCUT2D eigenvalue weighted by molar-refractivity contribution is 7.17. The van der Waals surface area contributed by atoms with Crippen LogP contribution in [0.15, 0.2) is 30.6 Å². The lowest BCUT2D eigenvalue weighted by Gasteiger charge is -2.06. The Morgan fingerprint density at radius 1 is 1.30 bits per heavy atom. The number of nitrogens with zero attached hydrogens (tertiary/aromatic N) is 2. The lowest BCUT2D eigenvalue weighted by molar-refractivity contribution is -0.119. The van der Waals surface area contributed by atoms with Crippen molar-refractivity contribution in [3.8, 4) is 0 Å². The van der Waals surface area contributed by atoms with Crippen LogP contribution >= 0.6 is 11.3 Å². The van der Waals surface area contributed by atoms with E-state index < -0.39 is 24.4 Å². The summed E-state index contributed by atoms with van der Waals surface area (Å²) in [5.41, 5.74) is 7.47. The monoisotopic (exact) mass is 384 g/mol. The summed E-state index contributed by atoms with van der Waals surface area (Å²) >= 11 is 1.35. The molecule has 0 radical (unpaired) electrons. The van der Waals surface area contributed by atoms with Crippen LogP contribution < -0.4 is 11.1 Å². The molecule has 0 unspecified atom stereocenters. The number of thiophene rings is 1. The smallest absolute Gasteiger partial charge is 0.359 e. The number of pyridine rings is 1. The summed E-state index contributed by atoms with van der Waals surface area (Å²) in [5.74, 6) is -1.79. The standard InChI is InChI=1S/C18H16N4O4S/c19-16(24)15-10-4-3-5-12(10)27-17(15)21-14(23)9-26-18(25)11-8-22-7-2-1-6-13(22)20-11/h1-2,6-8H,3-5,9H2,(H2,19,24)(H,21,23). The minimum Gasteiger partial charge on any atom is -0.451 e. The summed E-state index contributed by atoms with van der Waals surface area (Å²) in [7, 11) is 0. The lowest BCUT2D eigenvalue weighted by atomic mass is 10.1. The number of anilines is 1. The summed E-state index contributed by atoms with van der Waals surface area (Å²) in [6.07, 6.45) is 5.92. The van der Waals surface area contributed by atoms with Crippen LogP contribution in [0.5, 0.6) is 0 Å². The maximum Gasteiger partial charge on any atom is 0.359 e. The first-order chi connectivity index (χ1) is 13.0. The van der Waals surface area contributed by atoms with Gasteiger partial charge in [-0.05, 0) is 37.0 Å². The van der Waals surface area contributed by atoms with E-state index in [2.05, 4.69) is 10.3 Å². The number of carbonyl (C=O) groups is 3. The van der Waals surface area contributed by atoms with Crippen molar-refractivity contribution in [2.24, 2.45) is 5.73 Å². The van der Waals surface area contributed by atoms with Gasteiger partial charge in [0, 0.05) is 17.3 Å². The summed E-state index contributed by atoms with van der Waals surface area (Å²) in [6.45, 7) is -0.479. The molecule has 0 fully saturated rings. The van der Waals surface area contributed by atoms with Gasteiger partial charge in [-0.3, -0.25) is 9.59 Å². The van der Waals surface area contributed by atoms with Crippen LogP contribution in [-0.2, 0) is 22.4 Å². The second kappa shape index (κ2) is 6.84.